The Morgan fingerprint density at radius 2 is 2.20 bits per heavy atom. The Kier molecular flexibility index (Phi) is 4.36. The molecule has 0 aliphatic carbocycles. The van der Waals surface area contributed by atoms with E-state index in [0.29, 0.717) is 16.4 Å². The highest BCUT2D eigenvalue weighted by atomic mass is 35.5. The van der Waals surface area contributed by atoms with Crippen LogP contribution in [0.5, 0.6) is 0 Å². The molecule has 0 spiro atoms. The van der Waals surface area contributed by atoms with E-state index in [1.54, 1.807) is 12.1 Å². The number of rotatable bonds is 4. The van der Waals surface area contributed by atoms with Gasteiger partial charge in [-0.3, -0.25) is 4.79 Å². The quantitative estimate of drug-likeness (QED) is 0.908. The van der Waals surface area contributed by atoms with Crippen LogP contribution in [0.1, 0.15) is 32.6 Å². The van der Waals surface area contributed by atoms with Gasteiger partial charge in [0.05, 0.1) is 10.6 Å². The Bertz CT molecular complexity index is 652. The fourth-order valence-electron chi connectivity index (χ4n) is 1.55. The first-order valence-electron chi connectivity index (χ1n) is 5.80. The number of carboxylic acids is 1. The van der Waals surface area contributed by atoms with Gasteiger partial charge in [0.25, 0.3) is 5.91 Å². The van der Waals surface area contributed by atoms with Crippen LogP contribution in [-0.2, 0) is 6.42 Å². The highest BCUT2D eigenvalue weighted by Crippen LogP contribution is 2.29. The van der Waals surface area contributed by atoms with Gasteiger partial charge < -0.3 is 10.4 Å². The summed E-state index contributed by atoms with van der Waals surface area (Å²) in [5.74, 6) is -1.53. The fraction of sp³-hybridized carbons (Fsp3) is 0.154. The zero-order valence-electron chi connectivity index (χ0n) is 10.5. The molecule has 0 fully saturated rings. The molecule has 0 saturated carbocycles. The van der Waals surface area contributed by atoms with E-state index in [0.717, 1.165) is 4.88 Å². The molecule has 7 heteroatoms. The lowest BCUT2D eigenvalue weighted by Gasteiger charge is -2.03. The average Bonchev–Trinajstić information content (AvgIpc) is 2.82. The third kappa shape index (κ3) is 3.15. The molecule has 2 aromatic rings. The number of aromatic carboxylic acids is 1. The van der Waals surface area contributed by atoms with Gasteiger partial charge in [0.2, 0.25) is 0 Å². The van der Waals surface area contributed by atoms with Crippen molar-refractivity contribution in [1.29, 1.82) is 0 Å². The molecule has 0 unspecified atom stereocenters. The average molecular weight is 311 g/mol. The largest absolute Gasteiger partial charge is 0.478 e. The number of pyridine rings is 1. The highest BCUT2D eigenvalue weighted by Gasteiger charge is 2.17. The van der Waals surface area contributed by atoms with Gasteiger partial charge in [0.15, 0.2) is 0 Å². The number of anilines is 1. The number of aromatic nitrogens is 1. The number of carboxylic acid groups (broad SMARTS) is 1. The number of hydrogen-bond acceptors (Lipinski definition) is 4. The summed E-state index contributed by atoms with van der Waals surface area (Å²) in [6.45, 7) is 1.92. The van der Waals surface area contributed by atoms with Gasteiger partial charge in [0.1, 0.15) is 10.7 Å². The van der Waals surface area contributed by atoms with Crippen molar-refractivity contribution < 1.29 is 14.7 Å². The van der Waals surface area contributed by atoms with Crippen LogP contribution in [0.3, 0.4) is 0 Å². The Labute approximate surface area is 124 Å². The summed E-state index contributed by atoms with van der Waals surface area (Å²) < 4.78 is 0. The number of carbonyl (C=O) groups excluding carboxylic acids is 1. The second-order valence-electron chi connectivity index (χ2n) is 3.93. The zero-order chi connectivity index (χ0) is 14.7. The van der Waals surface area contributed by atoms with Gasteiger partial charge in [-0.05, 0) is 24.6 Å². The van der Waals surface area contributed by atoms with E-state index in [4.69, 9.17) is 16.7 Å². The molecule has 104 valence electrons. The molecule has 2 rings (SSSR count). The van der Waals surface area contributed by atoms with Gasteiger partial charge in [0, 0.05) is 11.1 Å². The Hall–Kier alpha value is -1.92. The normalized spacial score (nSPS) is 10.3. The monoisotopic (exact) mass is 310 g/mol. The lowest BCUT2D eigenvalue weighted by Crippen LogP contribution is -2.14. The van der Waals surface area contributed by atoms with Gasteiger partial charge in [-0.2, -0.15) is 0 Å². The lowest BCUT2D eigenvalue weighted by molar-refractivity contribution is 0.0698. The van der Waals surface area contributed by atoms with Crippen LogP contribution < -0.4 is 5.32 Å². The molecule has 2 N–H and O–H groups in total. The molecule has 0 bridgehead atoms. The zero-order valence-corrected chi connectivity index (χ0v) is 12.1. The number of carbonyl (C=O) groups is 2. The lowest BCUT2D eigenvalue weighted by atomic mass is 10.2. The highest BCUT2D eigenvalue weighted by molar-refractivity contribution is 7.16. The second kappa shape index (κ2) is 6.02. The summed E-state index contributed by atoms with van der Waals surface area (Å²) in [6.07, 6.45) is 2.07. The third-order valence-corrected chi connectivity index (χ3v) is 3.97. The van der Waals surface area contributed by atoms with Gasteiger partial charge in [-0.25, -0.2) is 9.78 Å². The fourth-order valence-corrected chi connectivity index (χ4v) is 2.64. The maximum absolute atomic E-state index is 12.0. The van der Waals surface area contributed by atoms with E-state index < -0.39 is 11.9 Å². The number of halogens is 1. The number of thiophene rings is 1. The maximum Gasteiger partial charge on any atom is 0.338 e. The summed E-state index contributed by atoms with van der Waals surface area (Å²) in [4.78, 5) is 27.9. The Balaban J connectivity index is 2.25. The molecule has 2 heterocycles. The van der Waals surface area contributed by atoms with Crippen molar-refractivity contribution in [1.82, 2.24) is 4.98 Å². The van der Waals surface area contributed by atoms with E-state index in [1.165, 1.54) is 23.6 Å². The van der Waals surface area contributed by atoms with Crippen LogP contribution in [-0.4, -0.2) is 22.0 Å². The van der Waals surface area contributed by atoms with Crippen molar-refractivity contribution >= 4 is 39.8 Å². The summed E-state index contributed by atoms with van der Waals surface area (Å²) in [5.41, 5.74) is 0.270. The molecule has 0 atom stereocenters. The Morgan fingerprint density at radius 1 is 1.45 bits per heavy atom. The molecule has 5 nitrogen and oxygen atoms in total. The molecule has 2 aromatic heterocycles. The van der Waals surface area contributed by atoms with Gasteiger partial charge in [-0.1, -0.05) is 18.5 Å². The summed E-state index contributed by atoms with van der Waals surface area (Å²) in [5, 5.41) is 12.4. The molecular weight excluding hydrogens is 300 g/mol. The second-order valence-corrected chi connectivity index (χ2v) is 5.50. The van der Waals surface area contributed by atoms with Crippen molar-refractivity contribution in [2.45, 2.75) is 13.3 Å². The van der Waals surface area contributed by atoms with Crippen LogP contribution in [0, 0.1) is 0 Å². The molecule has 0 aliphatic heterocycles. The minimum atomic E-state index is -1.07. The van der Waals surface area contributed by atoms with E-state index in [2.05, 4.69) is 10.3 Å². The van der Waals surface area contributed by atoms with Crippen LogP contribution in [0.4, 0.5) is 5.00 Å². The number of nitrogens with one attached hydrogen (secondary N) is 1. The number of nitrogens with zero attached hydrogens (tertiary/aromatic N) is 1. The van der Waals surface area contributed by atoms with Gasteiger partial charge >= 0.3 is 5.97 Å². The number of hydrogen-bond donors (Lipinski definition) is 2. The van der Waals surface area contributed by atoms with E-state index in [-0.39, 0.29) is 11.3 Å². The molecular formula is C13H11ClN2O3S. The van der Waals surface area contributed by atoms with Crippen molar-refractivity contribution in [3.8, 4) is 0 Å². The first-order valence-corrected chi connectivity index (χ1v) is 6.99. The SMILES string of the molecule is CCc1cc(C(=O)O)c(NC(=O)c2ccc(Cl)cn2)s1. The van der Waals surface area contributed by atoms with E-state index in [9.17, 15) is 9.59 Å². The first kappa shape index (κ1) is 14.5. The van der Waals surface area contributed by atoms with Crippen molar-refractivity contribution in [3.05, 3.63) is 45.6 Å². The van der Waals surface area contributed by atoms with Crippen molar-refractivity contribution in [2.75, 3.05) is 5.32 Å². The number of aryl methyl sites for hydroxylation is 1. The van der Waals surface area contributed by atoms with Crippen molar-refractivity contribution in [3.63, 3.8) is 0 Å². The standard InChI is InChI=1S/C13H11ClN2O3S/c1-2-8-5-9(13(18)19)12(20-8)16-11(17)10-4-3-7(14)6-15-10/h3-6H,2H2,1H3,(H,16,17)(H,18,19). The molecule has 0 saturated heterocycles. The van der Waals surface area contributed by atoms with Crippen LogP contribution in [0.2, 0.25) is 5.02 Å². The summed E-state index contributed by atoms with van der Waals surface area (Å²) in [7, 11) is 0. The predicted molar refractivity (Wildman–Crippen MR) is 77.9 cm³/mol. The summed E-state index contributed by atoms with van der Waals surface area (Å²) in [6, 6.07) is 4.60. The van der Waals surface area contributed by atoms with Crippen LogP contribution >= 0.6 is 22.9 Å². The third-order valence-electron chi connectivity index (χ3n) is 2.55. The van der Waals surface area contributed by atoms with E-state index >= 15 is 0 Å². The molecule has 20 heavy (non-hydrogen) atoms. The Morgan fingerprint density at radius 3 is 2.75 bits per heavy atom. The van der Waals surface area contributed by atoms with Crippen molar-refractivity contribution in [2.24, 2.45) is 0 Å². The minimum Gasteiger partial charge on any atom is -0.478 e. The van der Waals surface area contributed by atoms with Crippen LogP contribution in [0.25, 0.3) is 0 Å². The van der Waals surface area contributed by atoms with Crippen LogP contribution in [0.15, 0.2) is 24.4 Å². The molecule has 0 aliphatic rings. The molecule has 0 aromatic carbocycles. The minimum absolute atomic E-state index is 0.0918. The maximum atomic E-state index is 12.0. The molecule has 1 amide bonds. The number of amides is 1. The smallest absolute Gasteiger partial charge is 0.338 e. The van der Waals surface area contributed by atoms with Gasteiger partial charge in [-0.15, -0.1) is 11.3 Å². The predicted octanol–water partition coefficient (Wildman–Crippen LogP) is 3.31. The first-order chi connectivity index (χ1) is 9.51. The molecule has 0 radical (unpaired) electrons. The topological polar surface area (TPSA) is 79.3 Å². The summed E-state index contributed by atoms with van der Waals surface area (Å²) >= 11 is 6.94. The van der Waals surface area contributed by atoms with E-state index in [1.807, 2.05) is 6.92 Å².